The number of aromatic nitrogens is 2. The van der Waals surface area contributed by atoms with Crippen LogP contribution in [-0.4, -0.2) is 52.4 Å². The molecule has 2 saturated heterocycles. The topological polar surface area (TPSA) is 114 Å². The Labute approximate surface area is 173 Å². The smallest absolute Gasteiger partial charge is 0.407 e. The highest BCUT2D eigenvalue weighted by Crippen LogP contribution is 2.26. The standard InChI is InChI=1S/C19H25N5O4S/c1-19(2,3)28-17(26)20-10-12-4-6-24(7-5-12)15-9-13(21-11-22-15)8-14-16(25)23-18(27)29-14/h8-9,11-12H,4-7,10H2,1-3H3,(H,20,26)(H,23,25,27). The molecular formula is C19H25N5O4S. The Morgan fingerprint density at radius 1 is 1.34 bits per heavy atom. The zero-order valence-corrected chi connectivity index (χ0v) is 17.5. The number of thioether (sulfide) groups is 1. The first kappa shape index (κ1) is 21.1. The highest BCUT2D eigenvalue weighted by molar-refractivity contribution is 8.18. The lowest BCUT2D eigenvalue weighted by molar-refractivity contribution is -0.115. The van der Waals surface area contributed by atoms with Gasteiger partial charge in [-0.15, -0.1) is 0 Å². The summed E-state index contributed by atoms with van der Waals surface area (Å²) < 4.78 is 5.27. The summed E-state index contributed by atoms with van der Waals surface area (Å²) in [7, 11) is 0. The third-order valence-corrected chi connectivity index (χ3v) is 5.28. The number of imide groups is 1. The monoisotopic (exact) mass is 419 g/mol. The average Bonchev–Trinajstić information content (AvgIpc) is 2.96. The minimum Gasteiger partial charge on any atom is -0.444 e. The molecule has 0 saturated carbocycles. The van der Waals surface area contributed by atoms with Crippen LogP contribution in [0.25, 0.3) is 6.08 Å². The number of amides is 3. The molecule has 2 aliphatic rings. The van der Waals surface area contributed by atoms with Crippen LogP contribution >= 0.6 is 11.8 Å². The van der Waals surface area contributed by atoms with E-state index in [0.29, 0.717) is 23.1 Å². The lowest BCUT2D eigenvalue weighted by atomic mass is 9.97. The van der Waals surface area contributed by atoms with Crippen LogP contribution in [0.5, 0.6) is 0 Å². The van der Waals surface area contributed by atoms with Gasteiger partial charge in [0.2, 0.25) is 0 Å². The Morgan fingerprint density at radius 2 is 2.07 bits per heavy atom. The van der Waals surface area contributed by atoms with Crippen LogP contribution in [0.15, 0.2) is 17.3 Å². The zero-order chi connectivity index (χ0) is 21.0. The van der Waals surface area contributed by atoms with Crippen LogP contribution in [0, 0.1) is 5.92 Å². The van der Waals surface area contributed by atoms with E-state index in [1.54, 1.807) is 6.08 Å². The molecule has 0 radical (unpaired) electrons. The van der Waals surface area contributed by atoms with Gasteiger partial charge in [-0.05, 0) is 57.4 Å². The van der Waals surface area contributed by atoms with Crippen molar-refractivity contribution in [2.75, 3.05) is 24.5 Å². The van der Waals surface area contributed by atoms with Gasteiger partial charge in [0.1, 0.15) is 17.7 Å². The van der Waals surface area contributed by atoms with E-state index in [1.807, 2.05) is 26.8 Å². The second-order valence-electron chi connectivity index (χ2n) is 7.97. The third kappa shape index (κ3) is 6.18. The normalized spacial score (nSPS) is 19.4. The number of hydrogen-bond acceptors (Lipinski definition) is 8. The molecule has 3 heterocycles. The van der Waals surface area contributed by atoms with E-state index in [-0.39, 0.29) is 11.3 Å². The summed E-state index contributed by atoms with van der Waals surface area (Å²) in [5, 5.41) is 4.69. The number of alkyl carbamates (subject to hydrolysis) is 1. The number of ether oxygens (including phenoxy) is 1. The van der Waals surface area contributed by atoms with Crippen molar-refractivity contribution in [3.8, 4) is 0 Å². The van der Waals surface area contributed by atoms with Gasteiger partial charge in [-0.25, -0.2) is 14.8 Å². The highest BCUT2D eigenvalue weighted by Gasteiger charge is 2.26. The van der Waals surface area contributed by atoms with Gasteiger partial charge in [-0.2, -0.15) is 0 Å². The highest BCUT2D eigenvalue weighted by atomic mass is 32.2. The number of carbonyl (C=O) groups excluding carboxylic acids is 3. The number of nitrogens with one attached hydrogen (secondary N) is 2. The second-order valence-corrected chi connectivity index (χ2v) is 8.98. The maximum Gasteiger partial charge on any atom is 0.407 e. The maximum atomic E-state index is 11.8. The SMILES string of the molecule is CC(C)(C)OC(=O)NCC1CCN(c2cc(C=C3SC(=O)NC3=O)ncn2)CC1. The number of anilines is 1. The number of hydrogen-bond donors (Lipinski definition) is 2. The molecule has 2 aliphatic heterocycles. The van der Waals surface area contributed by atoms with Crippen LogP contribution in [0.3, 0.4) is 0 Å². The predicted molar refractivity (Wildman–Crippen MR) is 110 cm³/mol. The summed E-state index contributed by atoms with van der Waals surface area (Å²) in [6.07, 6.45) is 4.50. The molecule has 3 rings (SSSR count). The lowest BCUT2D eigenvalue weighted by Gasteiger charge is -2.33. The Bertz CT molecular complexity index is 828. The van der Waals surface area contributed by atoms with Gasteiger partial charge in [0.15, 0.2) is 0 Å². The van der Waals surface area contributed by atoms with Gasteiger partial charge < -0.3 is 15.0 Å². The molecule has 1 aromatic heterocycles. The van der Waals surface area contributed by atoms with Gasteiger partial charge in [-0.3, -0.25) is 14.9 Å². The zero-order valence-electron chi connectivity index (χ0n) is 16.7. The first-order valence-corrected chi connectivity index (χ1v) is 10.3. The van der Waals surface area contributed by atoms with Crippen molar-refractivity contribution < 1.29 is 19.1 Å². The average molecular weight is 420 g/mol. The molecule has 10 heteroatoms. The minimum absolute atomic E-state index is 0.326. The first-order chi connectivity index (χ1) is 13.7. The number of piperidine rings is 1. The molecular weight excluding hydrogens is 394 g/mol. The molecule has 0 unspecified atom stereocenters. The van der Waals surface area contributed by atoms with E-state index in [1.165, 1.54) is 6.33 Å². The van der Waals surface area contributed by atoms with Crippen molar-refractivity contribution in [3.63, 3.8) is 0 Å². The maximum absolute atomic E-state index is 11.8. The Balaban J connectivity index is 1.52. The molecule has 29 heavy (non-hydrogen) atoms. The van der Waals surface area contributed by atoms with Gasteiger partial charge in [-0.1, -0.05) is 0 Å². The molecule has 0 bridgehead atoms. The Kier molecular flexibility index (Phi) is 6.41. The summed E-state index contributed by atoms with van der Waals surface area (Å²) in [5.74, 6) is 0.755. The van der Waals surface area contributed by atoms with Crippen molar-refractivity contribution in [1.82, 2.24) is 20.6 Å². The van der Waals surface area contributed by atoms with Gasteiger partial charge >= 0.3 is 6.09 Å². The van der Waals surface area contributed by atoms with Crippen molar-refractivity contribution >= 4 is 40.9 Å². The summed E-state index contributed by atoms with van der Waals surface area (Å²) in [6.45, 7) is 7.72. The number of carbonyl (C=O) groups is 3. The number of nitrogens with zero attached hydrogens (tertiary/aromatic N) is 3. The van der Waals surface area contributed by atoms with Crippen LogP contribution in [-0.2, 0) is 9.53 Å². The summed E-state index contributed by atoms with van der Waals surface area (Å²) in [5.41, 5.74) is 0.0781. The summed E-state index contributed by atoms with van der Waals surface area (Å²) in [4.78, 5) is 45.7. The van der Waals surface area contributed by atoms with Crippen molar-refractivity contribution in [1.29, 1.82) is 0 Å². The minimum atomic E-state index is -0.502. The van der Waals surface area contributed by atoms with Crippen molar-refractivity contribution in [2.45, 2.75) is 39.2 Å². The molecule has 0 spiro atoms. The van der Waals surface area contributed by atoms with E-state index in [2.05, 4.69) is 25.5 Å². The van der Waals surface area contributed by atoms with E-state index >= 15 is 0 Å². The van der Waals surface area contributed by atoms with Crippen LogP contribution in [0.4, 0.5) is 15.4 Å². The fraction of sp³-hybridized carbons (Fsp3) is 0.526. The van der Waals surface area contributed by atoms with Crippen LogP contribution in [0.2, 0.25) is 0 Å². The molecule has 0 atom stereocenters. The summed E-state index contributed by atoms with van der Waals surface area (Å²) in [6, 6.07) is 1.81. The molecule has 1 aromatic rings. The Morgan fingerprint density at radius 3 is 2.69 bits per heavy atom. The molecule has 3 amide bonds. The molecule has 156 valence electrons. The fourth-order valence-electron chi connectivity index (χ4n) is 3.08. The molecule has 0 aliphatic carbocycles. The largest absolute Gasteiger partial charge is 0.444 e. The molecule has 9 nitrogen and oxygen atoms in total. The second kappa shape index (κ2) is 8.81. The fourth-order valence-corrected chi connectivity index (χ4v) is 3.74. The van der Waals surface area contributed by atoms with E-state index in [0.717, 1.165) is 43.5 Å². The molecule has 2 N–H and O–H groups in total. The molecule has 2 fully saturated rings. The molecule has 0 aromatic carbocycles. The lowest BCUT2D eigenvalue weighted by Crippen LogP contribution is -2.40. The predicted octanol–water partition coefficient (Wildman–Crippen LogP) is 2.54. The third-order valence-electron chi connectivity index (χ3n) is 4.47. The van der Waals surface area contributed by atoms with Gasteiger partial charge in [0.05, 0.1) is 10.6 Å². The Hall–Kier alpha value is -2.62. The van der Waals surface area contributed by atoms with E-state index in [4.69, 9.17) is 4.74 Å². The quantitative estimate of drug-likeness (QED) is 0.716. The van der Waals surface area contributed by atoms with Crippen LogP contribution < -0.4 is 15.5 Å². The van der Waals surface area contributed by atoms with Crippen molar-refractivity contribution in [2.24, 2.45) is 5.92 Å². The van der Waals surface area contributed by atoms with E-state index in [9.17, 15) is 14.4 Å². The van der Waals surface area contributed by atoms with E-state index < -0.39 is 11.5 Å². The van der Waals surface area contributed by atoms with Crippen LogP contribution in [0.1, 0.15) is 39.3 Å². The van der Waals surface area contributed by atoms with Gasteiger partial charge in [0, 0.05) is 25.7 Å². The number of rotatable bonds is 4. The van der Waals surface area contributed by atoms with Crippen molar-refractivity contribution in [3.05, 3.63) is 23.0 Å². The first-order valence-electron chi connectivity index (χ1n) is 9.48. The summed E-state index contributed by atoms with van der Waals surface area (Å²) >= 11 is 0.864. The van der Waals surface area contributed by atoms with Gasteiger partial charge in [0.25, 0.3) is 11.1 Å².